The monoisotopic (exact) mass is 412 g/mol. The standard InChI is InChI=1S/C18H18ClFN2O4S/c1-22(26-2)27(24,25)12-8-6-11(7-9-12)18(23)21-16-10-13(16)17-14(19)4-3-5-15(17)20/h3-9,13,16H,10H2,1-2H3,(H,21,23)/t13-,16+/m0/s1. The van der Waals surface area contributed by atoms with Gasteiger partial charge in [0, 0.05) is 35.2 Å². The van der Waals surface area contributed by atoms with E-state index in [-0.39, 0.29) is 28.6 Å². The summed E-state index contributed by atoms with van der Waals surface area (Å²) in [5.74, 6) is -0.919. The van der Waals surface area contributed by atoms with Crippen molar-refractivity contribution >= 4 is 27.5 Å². The molecule has 0 unspecified atom stereocenters. The highest BCUT2D eigenvalue weighted by molar-refractivity contribution is 7.89. The van der Waals surface area contributed by atoms with E-state index in [0.717, 1.165) is 4.47 Å². The Morgan fingerprint density at radius 2 is 1.93 bits per heavy atom. The summed E-state index contributed by atoms with van der Waals surface area (Å²) >= 11 is 6.06. The summed E-state index contributed by atoms with van der Waals surface area (Å²) in [6.07, 6.45) is 0.595. The zero-order chi connectivity index (χ0) is 19.8. The Morgan fingerprint density at radius 1 is 1.26 bits per heavy atom. The summed E-state index contributed by atoms with van der Waals surface area (Å²) < 4.78 is 39.0. The third-order valence-electron chi connectivity index (χ3n) is 4.49. The molecule has 1 fully saturated rings. The minimum Gasteiger partial charge on any atom is -0.349 e. The summed E-state index contributed by atoms with van der Waals surface area (Å²) in [4.78, 5) is 17.1. The zero-order valence-electron chi connectivity index (χ0n) is 14.6. The number of hydrogen-bond acceptors (Lipinski definition) is 4. The van der Waals surface area contributed by atoms with Gasteiger partial charge < -0.3 is 5.32 Å². The van der Waals surface area contributed by atoms with E-state index in [2.05, 4.69) is 5.32 Å². The Balaban J connectivity index is 1.68. The third-order valence-corrected chi connectivity index (χ3v) is 6.51. The molecule has 0 saturated heterocycles. The number of halogens is 2. The maximum absolute atomic E-state index is 14.0. The van der Waals surface area contributed by atoms with Crippen molar-refractivity contribution in [1.29, 1.82) is 0 Å². The molecule has 1 aliphatic rings. The van der Waals surface area contributed by atoms with E-state index in [4.69, 9.17) is 16.4 Å². The number of nitrogens with zero attached hydrogens (tertiary/aromatic N) is 1. The highest BCUT2D eigenvalue weighted by Crippen LogP contribution is 2.45. The van der Waals surface area contributed by atoms with Crippen LogP contribution in [-0.4, -0.2) is 39.0 Å². The third kappa shape index (κ3) is 3.98. The molecule has 1 saturated carbocycles. The molecule has 0 radical (unpaired) electrons. The van der Waals surface area contributed by atoms with E-state index in [1.165, 1.54) is 50.6 Å². The number of sulfonamides is 1. The first-order valence-corrected chi connectivity index (χ1v) is 9.95. The summed E-state index contributed by atoms with van der Waals surface area (Å²) in [7, 11) is -1.26. The SMILES string of the molecule is CON(C)S(=O)(=O)c1ccc(C(=O)N[C@@H]2C[C@@H]2c2c(F)cccc2Cl)cc1. The van der Waals surface area contributed by atoms with Crippen molar-refractivity contribution in [2.75, 3.05) is 14.2 Å². The first-order valence-electron chi connectivity index (χ1n) is 8.13. The average Bonchev–Trinajstić information content (AvgIpc) is 3.39. The van der Waals surface area contributed by atoms with Gasteiger partial charge in [-0.3, -0.25) is 9.63 Å². The molecule has 0 heterocycles. The van der Waals surface area contributed by atoms with Crippen LogP contribution < -0.4 is 5.32 Å². The van der Waals surface area contributed by atoms with Crippen molar-refractivity contribution in [3.63, 3.8) is 0 Å². The quantitative estimate of drug-likeness (QED) is 0.740. The van der Waals surface area contributed by atoms with Gasteiger partial charge in [0.1, 0.15) is 5.82 Å². The second kappa shape index (κ2) is 7.55. The van der Waals surface area contributed by atoms with Crippen molar-refractivity contribution in [3.8, 4) is 0 Å². The Hall–Kier alpha value is -2.00. The van der Waals surface area contributed by atoms with Gasteiger partial charge in [0.05, 0.1) is 12.0 Å². The van der Waals surface area contributed by atoms with Gasteiger partial charge in [0.15, 0.2) is 0 Å². The lowest BCUT2D eigenvalue weighted by atomic mass is 10.1. The maximum atomic E-state index is 14.0. The number of amides is 1. The Bertz CT molecular complexity index is 946. The van der Waals surface area contributed by atoms with Gasteiger partial charge in [-0.25, -0.2) is 12.8 Å². The van der Waals surface area contributed by atoms with Crippen LogP contribution in [0.3, 0.4) is 0 Å². The van der Waals surface area contributed by atoms with E-state index >= 15 is 0 Å². The lowest BCUT2D eigenvalue weighted by Gasteiger charge is -2.14. The van der Waals surface area contributed by atoms with E-state index in [9.17, 15) is 17.6 Å². The summed E-state index contributed by atoms with van der Waals surface area (Å²) in [5, 5.41) is 3.16. The van der Waals surface area contributed by atoms with Crippen LogP contribution in [0.5, 0.6) is 0 Å². The molecule has 1 amide bonds. The molecule has 0 spiro atoms. The molecule has 9 heteroatoms. The summed E-state index contributed by atoms with van der Waals surface area (Å²) in [6, 6.07) is 9.78. The van der Waals surface area contributed by atoms with Gasteiger partial charge >= 0.3 is 0 Å². The van der Waals surface area contributed by atoms with Gasteiger partial charge in [-0.1, -0.05) is 22.1 Å². The van der Waals surface area contributed by atoms with Crippen LogP contribution in [0.2, 0.25) is 5.02 Å². The zero-order valence-corrected chi connectivity index (χ0v) is 16.2. The number of benzene rings is 2. The fraction of sp³-hybridized carbons (Fsp3) is 0.278. The molecule has 6 nitrogen and oxygen atoms in total. The lowest BCUT2D eigenvalue weighted by Crippen LogP contribution is -2.27. The van der Waals surface area contributed by atoms with Crippen molar-refractivity contribution < 1.29 is 22.4 Å². The van der Waals surface area contributed by atoms with Crippen LogP contribution in [0, 0.1) is 5.82 Å². The van der Waals surface area contributed by atoms with Crippen LogP contribution in [-0.2, 0) is 14.9 Å². The van der Waals surface area contributed by atoms with Crippen molar-refractivity contribution in [2.45, 2.75) is 23.3 Å². The normalized spacial score (nSPS) is 19.1. The minimum absolute atomic E-state index is 0.00540. The van der Waals surface area contributed by atoms with Crippen molar-refractivity contribution in [3.05, 3.63) is 64.4 Å². The van der Waals surface area contributed by atoms with Crippen LogP contribution >= 0.6 is 11.6 Å². The molecular formula is C18H18ClFN2O4S. The van der Waals surface area contributed by atoms with Gasteiger partial charge in [0.25, 0.3) is 15.9 Å². The number of hydroxylamine groups is 1. The smallest absolute Gasteiger partial charge is 0.264 e. The molecule has 3 rings (SSSR count). The fourth-order valence-corrected chi connectivity index (χ4v) is 4.09. The molecule has 2 aromatic carbocycles. The fourth-order valence-electron chi connectivity index (χ4n) is 2.82. The second-order valence-electron chi connectivity index (χ2n) is 6.18. The molecule has 2 atom stereocenters. The number of rotatable bonds is 6. The highest BCUT2D eigenvalue weighted by Gasteiger charge is 2.42. The van der Waals surface area contributed by atoms with Crippen LogP contribution in [0.15, 0.2) is 47.4 Å². The molecule has 0 aliphatic heterocycles. The molecule has 2 aromatic rings. The maximum Gasteiger partial charge on any atom is 0.264 e. The van der Waals surface area contributed by atoms with Crippen LogP contribution in [0.25, 0.3) is 0 Å². The van der Waals surface area contributed by atoms with E-state index in [1.807, 2.05) is 0 Å². The molecule has 1 N–H and O–H groups in total. The summed E-state index contributed by atoms with van der Waals surface area (Å²) in [5.41, 5.74) is 0.716. The molecule has 144 valence electrons. The topological polar surface area (TPSA) is 75.7 Å². The Morgan fingerprint density at radius 3 is 2.52 bits per heavy atom. The number of carbonyl (C=O) groups excluding carboxylic acids is 1. The van der Waals surface area contributed by atoms with Gasteiger partial charge in [-0.15, -0.1) is 0 Å². The summed E-state index contributed by atoms with van der Waals surface area (Å²) in [6.45, 7) is 0. The predicted molar refractivity (Wildman–Crippen MR) is 98.4 cm³/mol. The first kappa shape index (κ1) is 19.8. The van der Waals surface area contributed by atoms with Crippen LogP contribution in [0.4, 0.5) is 4.39 Å². The molecule has 27 heavy (non-hydrogen) atoms. The van der Waals surface area contributed by atoms with Crippen LogP contribution in [0.1, 0.15) is 28.3 Å². The first-order chi connectivity index (χ1) is 12.8. The van der Waals surface area contributed by atoms with E-state index < -0.39 is 10.0 Å². The number of nitrogens with one attached hydrogen (secondary N) is 1. The molecular weight excluding hydrogens is 395 g/mol. The van der Waals surface area contributed by atoms with Gasteiger partial charge in [-0.2, -0.15) is 0 Å². The number of hydrogen-bond donors (Lipinski definition) is 1. The largest absolute Gasteiger partial charge is 0.349 e. The molecule has 0 aromatic heterocycles. The molecule has 1 aliphatic carbocycles. The predicted octanol–water partition coefficient (Wildman–Crippen LogP) is 2.95. The average molecular weight is 413 g/mol. The Labute approximate surface area is 161 Å². The minimum atomic E-state index is -3.77. The van der Waals surface area contributed by atoms with E-state index in [1.54, 1.807) is 6.07 Å². The van der Waals surface area contributed by atoms with Crippen molar-refractivity contribution in [2.24, 2.45) is 0 Å². The second-order valence-corrected chi connectivity index (χ2v) is 8.52. The number of carbonyl (C=O) groups is 1. The lowest BCUT2D eigenvalue weighted by molar-refractivity contribution is -0.0258. The van der Waals surface area contributed by atoms with Gasteiger partial charge in [0.2, 0.25) is 0 Å². The Kier molecular flexibility index (Phi) is 5.53. The van der Waals surface area contributed by atoms with Crippen molar-refractivity contribution in [1.82, 2.24) is 9.79 Å². The highest BCUT2D eigenvalue weighted by atomic mass is 35.5. The van der Waals surface area contributed by atoms with E-state index in [0.29, 0.717) is 22.6 Å². The molecule has 0 bridgehead atoms. The van der Waals surface area contributed by atoms with Gasteiger partial charge in [-0.05, 0) is 42.8 Å².